The average molecular weight is 264 g/mol. The number of hydrogen-bond acceptors (Lipinski definition) is 5. The minimum Gasteiger partial charge on any atom is -0.486 e. The van der Waals surface area contributed by atoms with E-state index in [1.54, 1.807) is 11.3 Å². The van der Waals surface area contributed by atoms with Gasteiger partial charge in [0.2, 0.25) is 0 Å². The van der Waals surface area contributed by atoms with E-state index in [1.165, 1.54) is 5.56 Å². The Morgan fingerprint density at radius 1 is 1.28 bits per heavy atom. The number of ether oxygens (including phenoxy) is 1. The summed E-state index contributed by atoms with van der Waals surface area (Å²) in [6.07, 6.45) is 0. The second-order valence-corrected chi connectivity index (χ2v) is 5.04. The van der Waals surface area contributed by atoms with E-state index in [9.17, 15) is 0 Å². The molecule has 0 atom stereocenters. The maximum atomic E-state index is 5.75. The van der Waals surface area contributed by atoms with Gasteiger partial charge in [0.15, 0.2) is 0 Å². The van der Waals surface area contributed by atoms with Crippen molar-refractivity contribution < 1.29 is 9.57 Å². The Morgan fingerprint density at radius 2 is 2.11 bits per heavy atom. The third-order valence-corrected chi connectivity index (χ3v) is 3.38. The Balaban J connectivity index is 1.97. The van der Waals surface area contributed by atoms with Crippen LogP contribution in [0.15, 0.2) is 23.6 Å². The molecule has 96 valence electrons. The number of thiazole rings is 1. The van der Waals surface area contributed by atoms with E-state index in [0.717, 1.165) is 22.0 Å². The van der Waals surface area contributed by atoms with Crippen LogP contribution >= 0.6 is 11.3 Å². The van der Waals surface area contributed by atoms with Gasteiger partial charge in [-0.05, 0) is 25.5 Å². The van der Waals surface area contributed by atoms with Crippen LogP contribution in [0, 0.1) is 13.8 Å². The number of rotatable bonds is 5. The van der Waals surface area contributed by atoms with Crippen molar-refractivity contribution in [2.45, 2.75) is 27.1 Å². The monoisotopic (exact) mass is 264 g/mol. The van der Waals surface area contributed by atoms with Crippen LogP contribution in [0.25, 0.3) is 0 Å². The fourth-order valence-electron chi connectivity index (χ4n) is 1.67. The lowest BCUT2D eigenvalue weighted by atomic mass is 10.1. The SMILES string of the molecule is Cc1ccc(OCc2nc(CON)cs2)c(C)c1. The Labute approximate surface area is 110 Å². The maximum absolute atomic E-state index is 5.75. The standard InChI is InChI=1S/C13H16N2O2S/c1-9-3-4-12(10(2)5-9)16-7-13-15-11(6-17-14)8-18-13/h3-5,8H,6-7,14H2,1-2H3. The van der Waals surface area contributed by atoms with E-state index >= 15 is 0 Å². The van der Waals surface area contributed by atoms with Crippen molar-refractivity contribution >= 4 is 11.3 Å². The molecule has 2 aromatic rings. The molecule has 0 spiro atoms. The highest BCUT2D eigenvalue weighted by atomic mass is 32.1. The molecule has 0 unspecified atom stereocenters. The van der Waals surface area contributed by atoms with Gasteiger partial charge in [-0.3, -0.25) is 4.84 Å². The third-order valence-electron chi connectivity index (χ3n) is 2.51. The molecule has 0 fully saturated rings. The summed E-state index contributed by atoms with van der Waals surface area (Å²) in [5.74, 6) is 5.90. The highest BCUT2D eigenvalue weighted by molar-refractivity contribution is 7.09. The topological polar surface area (TPSA) is 57.4 Å². The van der Waals surface area contributed by atoms with Gasteiger partial charge in [-0.15, -0.1) is 11.3 Å². The molecule has 1 aromatic carbocycles. The van der Waals surface area contributed by atoms with Crippen molar-refractivity contribution in [1.29, 1.82) is 0 Å². The highest BCUT2D eigenvalue weighted by Crippen LogP contribution is 2.21. The predicted octanol–water partition coefficient (Wildman–Crippen LogP) is 2.73. The first kappa shape index (κ1) is 13.0. The fourth-order valence-corrected chi connectivity index (χ4v) is 2.36. The first-order valence-corrected chi connectivity index (χ1v) is 6.52. The Kier molecular flexibility index (Phi) is 4.30. The Hall–Kier alpha value is -1.43. The Bertz CT molecular complexity index is 525. The van der Waals surface area contributed by atoms with Gasteiger partial charge in [0.1, 0.15) is 24.0 Å². The van der Waals surface area contributed by atoms with Gasteiger partial charge in [0, 0.05) is 5.38 Å². The molecule has 1 aromatic heterocycles. The molecular weight excluding hydrogens is 248 g/mol. The average Bonchev–Trinajstić information content (AvgIpc) is 2.76. The summed E-state index contributed by atoms with van der Waals surface area (Å²) in [7, 11) is 0. The summed E-state index contributed by atoms with van der Waals surface area (Å²) in [4.78, 5) is 8.89. The molecule has 0 aliphatic carbocycles. The smallest absolute Gasteiger partial charge is 0.140 e. The number of nitrogens with two attached hydrogens (primary N) is 1. The molecule has 0 saturated heterocycles. The van der Waals surface area contributed by atoms with Gasteiger partial charge in [-0.25, -0.2) is 10.9 Å². The fraction of sp³-hybridized carbons (Fsp3) is 0.308. The highest BCUT2D eigenvalue weighted by Gasteiger charge is 2.04. The number of nitrogens with zero attached hydrogens (tertiary/aromatic N) is 1. The number of hydrogen-bond donors (Lipinski definition) is 1. The van der Waals surface area contributed by atoms with Crippen LogP contribution in [0.2, 0.25) is 0 Å². The summed E-state index contributed by atoms with van der Waals surface area (Å²) < 4.78 is 5.75. The van der Waals surface area contributed by atoms with Gasteiger partial charge in [0.25, 0.3) is 0 Å². The molecule has 0 radical (unpaired) electrons. The normalized spacial score (nSPS) is 10.6. The van der Waals surface area contributed by atoms with Gasteiger partial charge in [-0.2, -0.15) is 0 Å². The van der Waals surface area contributed by atoms with Crippen LogP contribution in [-0.2, 0) is 18.1 Å². The first-order chi connectivity index (χ1) is 8.69. The minimum absolute atomic E-state index is 0.333. The van der Waals surface area contributed by atoms with Crippen LogP contribution in [0.3, 0.4) is 0 Å². The molecule has 0 bridgehead atoms. The van der Waals surface area contributed by atoms with Crippen LogP contribution < -0.4 is 10.6 Å². The molecule has 1 heterocycles. The van der Waals surface area contributed by atoms with E-state index < -0.39 is 0 Å². The molecule has 0 saturated carbocycles. The number of aromatic nitrogens is 1. The van der Waals surface area contributed by atoms with Gasteiger partial charge in [0.05, 0.1) is 5.69 Å². The van der Waals surface area contributed by atoms with Crippen molar-refractivity contribution in [3.63, 3.8) is 0 Å². The molecule has 2 rings (SSSR count). The van der Waals surface area contributed by atoms with Crippen molar-refractivity contribution in [2.75, 3.05) is 0 Å². The summed E-state index contributed by atoms with van der Waals surface area (Å²) in [5.41, 5.74) is 3.20. The lowest BCUT2D eigenvalue weighted by Gasteiger charge is -2.08. The summed E-state index contributed by atoms with van der Waals surface area (Å²) >= 11 is 1.55. The van der Waals surface area contributed by atoms with Crippen LogP contribution in [0.5, 0.6) is 5.75 Å². The molecule has 0 amide bonds. The first-order valence-electron chi connectivity index (χ1n) is 5.64. The van der Waals surface area contributed by atoms with Crippen molar-refractivity contribution in [3.8, 4) is 5.75 Å². The van der Waals surface area contributed by atoms with E-state index in [1.807, 2.05) is 24.4 Å². The maximum Gasteiger partial charge on any atom is 0.140 e. The van der Waals surface area contributed by atoms with E-state index in [-0.39, 0.29) is 0 Å². The van der Waals surface area contributed by atoms with Crippen LogP contribution in [0.1, 0.15) is 21.8 Å². The predicted molar refractivity (Wildman–Crippen MR) is 71.3 cm³/mol. The number of benzene rings is 1. The Morgan fingerprint density at radius 3 is 2.83 bits per heavy atom. The summed E-state index contributed by atoms with van der Waals surface area (Å²) in [6.45, 7) is 4.91. The van der Waals surface area contributed by atoms with E-state index in [0.29, 0.717) is 13.2 Å². The lowest BCUT2D eigenvalue weighted by molar-refractivity contribution is 0.121. The summed E-state index contributed by atoms with van der Waals surface area (Å²) in [5, 5.41) is 2.84. The van der Waals surface area contributed by atoms with Gasteiger partial charge < -0.3 is 4.74 Å². The second kappa shape index (κ2) is 5.95. The molecule has 5 heteroatoms. The molecule has 18 heavy (non-hydrogen) atoms. The third kappa shape index (κ3) is 3.29. The summed E-state index contributed by atoms with van der Waals surface area (Å²) in [6, 6.07) is 6.13. The zero-order valence-corrected chi connectivity index (χ0v) is 11.3. The second-order valence-electron chi connectivity index (χ2n) is 4.10. The van der Waals surface area contributed by atoms with E-state index in [2.05, 4.69) is 22.8 Å². The van der Waals surface area contributed by atoms with E-state index in [4.69, 9.17) is 10.6 Å². The van der Waals surface area contributed by atoms with Crippen molar-refractivity contribution in [3.05, 3.63) is 45.4 Å². The van der Waals surface area contributed by atoms with Crippen LogP contribution in [0.4, 0.5) is 0 Å². The molecular formula is C13H16N2O2S. The molecule has 2 N–H and O–H groups in total. The van der Waals surface area contributed by atoms with Gasteiger partial charge in [-0.1, -0.05) is 17.7 Å². The molecule has 4 nitrogen and oxygen atoms in total. The quantitative estimate of drug-likeness (QED) is 0.844. The lowest BCUT2D eigenvalue weighted by Crippen LogP contribution is -2.00. The zero-order valence-electron chi connectivity index (χ0n) is 10.5. The molecule has 0 aliphatic heterocycles. The molecule has 0 aliphatic rings. The minimum atomic E-state index is 0.333. The van der Waals surface area contributed by atoms with Crippen LogP contribution in [-0.4, -0.2) is 4.98 Å². The largest absolute Gasteiger partial charge is 0.486 e. The van der Waals surface area contributed by atoms with Gasteiger partial charge >= 0.3 is 0 Å². The van der Waals surface area contributed by atoms with Crippen molar-refractivity contribution in [2.24, 2.45) is 5.90 Å². The number of aryl methyl sites for hydroxylation is 2. The van der Waals surface area contributed by atoms with Crippen molar-refractivity contribution in [1.82, 2.24) is 4.98 Å². The zero-order chi connectivity index (χ0) is 13.0.